The predicted molar refractivity (Wildman–Crippen MR) is 79.6 cm³/mol. The molecule has 118 valence electrons. The molecular formula is C14H14F3N3OS. The monoisotopic (exact) mass is 329 g/mol. The van der Waals surface area contributed by atoms with E-state index in [4.69, 9.17) is 5.73 Å². The number of rotatable bonds is 5. The molecule has 2 rings (SSSR count). The normalized spacial score (nSPS) is 12.2. The molecule has 0 radical (unpaired) electrons. The minimum Gasteiger partial charge on any atom is -0.406 e. The summed E-state index contributed by atoms with van der Waals surface area (Å²) in [5.41, 5.74) is 7.56. The van der Waals surface area contributed by atoms with E-state index in [1.54, 1.807) is 11.3 Å². The Morgan fingerprint density at radius 3 is 2.50 bits per heavy atom. The molecule has 4 nitrogen and oxygen atoms in total. The highest BCUT2D eigenvalue weighted by atomic mass is 32.1. The van der Waals surface area contributed by atoms with Crippen LogP contribution in [-0.2, 0) is 13.1 Å². The van der Waals surface area contributed by atoms with Gasteiger partial charge in [0.2, 0.25) is 0 Å². The summed E-state index contributed by atoms with van der Waals surface area (Å²) in [5, 5.41) is 6.84. The first kappa shape index (κ1) is 16.2. The molecule has 1 aromatic carbocycles. The zero-order chi connectivity index (χ0) is 16.0. The number of thiophene rings is 1. The van der Waals surface area contributed by atoms with Gasteiger partial charge < -0.3 is 15.8 Å². The smallest absolute Gasteiger partial charge is 0.406 e. The van der Waals surface area contributed by atoms with Crippen molar-refractivity contribution < 1.29 is 17.9 Å². The number of nitrogens with zero attached hydrogens (tertiary/aromatic N) is 1. The van der Waals surface area contributed by atoms with Crippen molar-refractivity contribution in [1.29, 1.82) is 0 Å². The van der Waals surface area contributed by atoms with Crippen molar-refractivity contribution in [3.8, 4) is 5.75 Å². The fraction of sp³-hybridized carbons (Fsp3) is 0.214. The SMILES string of the molecule is NC(=NCc1ccsc1)NCc1ccc(OC(F)(F)F)cc1. The first-order chi connectivity index (χ1) is 10.4. The van der Waals surface area contributed by atoms with Crippen LogP contribution >= 0.6 is 11.3 Å². The Morgan fingerprint density at radius 2 is 1.91 bits per heavy atom. The van der Waals surface area contributed by atoms with E-state index in [1.165, 1.54) is 24.3 Å². The van der Waals surface area contributed by atoms with Gasteiger partial charge in [-0.05, 0) is 40.1 Å². The highest BCUT2D eigenvalue weighted by Gasteiger charge is 2.30. The highest BCUT2D eigenvalue weighted by Crippen LogP contribution is 2.22. The van der Waals surface area contributed by atoms with Gasteiger partial charge >= 0.3 is 6.36 Å². The van der Waals surface area contributed by atoms with Crippen LogP contribution in [0.5, 0.6) is 5.75 Å². The number of guanidine groups is 1. The summed E-state index contributed by atoms with van der Waals surface area (Å²) in [6.07, 6.45) is -4.68. The van der Waals surface area contributed by atoms with Crippen LogP contribution in [0.2, 0.25) is 0 Å². The summed E-state index contributed by atoms with van der Waals surface area (Å²) >= 11 is 1.58. The molecule has 1 heterocycles. The lowest BCUT2D eigenvalue weighted by atomic mass is 10.2. The minimum atomic E-state index is -4.68. The van der Waals surface area contributed by atoms with Crippen molar-refractivity contribution in [2.45, 2.75) is 19.5 Å². The number of benzene rings is 1. The maximum absolute atomic E-state index is 12.0. The molecule has 0 aliphatic rings. The molecule has 0 fully saturated rings. The fourth-order valence-corrected chi connectivity index (χ4v) is 2.28. The van der Waals surface area contributed by atoms with Crippen LogP contribution in [0, 0.1) is 0 Å². The Bertz CT molecular complexity index is 609. The van der Waals surface area contributed by atoms with Crippen molar-refractivity contribution in [3.05, 3.63) is 52.2 Å². The largest absolute Gasteiger partial charge is 0.573 e. The minimum absolute atomic E-state index is 0.254. The zero-order valence-corrected chi connectivity index (χ0v) is 12.2. The Morgan fingerprint density at radius 1 is 1.18 bits per heavy atom. The van der Waals surface area contributed by atoms with Crippen LogP contribution in [0.4, 0.5) is 13.2 Å². The van der Waals surface area contributed by atoms with E-state index in [-0.39, 0.29) is 11.7 Å². The van der Waals surface area contributed by atoms with Crippen LogP contribution in [0.25, 0.3) is 0 Å². The van der Waals surface area contributed by atoms with Gasteiger partial charge in [-0.25, -0.2) is 4.99 Å². The van der Waals surface area contributed by atoms with Crippen molar-refractivity contribution >= 4 is 17.3 Å². The number of nitrogens with two attached hydrogens (primary N) is 1. The second kappa shape index (κ2) is 7.17. The lowest BCUT2D eigenvalue weighted by Crippen LogP contribution is -2.31. The molecule has 0 spiro atoms. The molecule has 0 saturated carbocycles. The summed E-state index contributed by atoms with van der Waals surface area (Å²) in [6.45, 7) is 0.853. The van der Waals surface area contributed by atoms with E-state index in [2.05, 4.69) is 15.0 Å². The van der Waals surface area contributed by atoms with Gasteiger partial charge in [-0.1, -0.05) is 12.1 Å². The fourth-order valence-electron chi connectivity index (χ4n) is 1.62. The second-order valence-electron chi connectivity index (χ2n) is 4.38. The van der Waals surface area contributed by atoms with Crippen molar-refractivity contribution in [2.75, 3.05) is 0 Å². The molecular weight excluding hydrogens is 315 g/mol. The molecule has 22 heavy (non-hydrogen) atoms. The maximum Gasteiger partial charge on any atom is 0.573 e. The lowest BCUT2D eigenvalue weighted by molar-refractivity contribution is -0.274. The number of hydrogen-bond acceptors (Lipinski definition) is 3. The van der Waals surface area contributed by atoms with Crippen LogP contribution in [0.15, 0.2) is 46.1 Å². The van der Waals surface area contributed by atoms with Gasteiger partial charge in [-0.3, -0.25) is 0 Å². The Labute approximate surface area is 129 Å². The van der Waals surface area contributed by atoms with Crippen molar-refractivity contribution in [3.63, 3.8) is 0 Å². The van der Waals surface area contributed by atoms with Gasteiger partial charge in [0.25, 0.3) is 0 Å². The summed E-state index contributed by atoms with van der Waals surface area (Å²) in [6, 6.07) is 7.52. The van der Waals surface area contributed by atoms with Gasteiger partial charge in [0.15, 0.2) is 5.96 Å². The zero-order valence-electron chi connectivity index (χ0n) is 11.4. The van der Waals surface area contributed by atoms with Crippen LogP contribution in [0.3, 0.4) is 0 Å². The molecule has 3 N–H and O–H groups in total. The molecule has 0 bridgehead atoms. The van der Waals surface area contributed by atoms with Gasteiger partial charge in [-0.2, -0.15) is 11.3 Å². The van der Waals surface area contributed by atoms with Gasteiger partial charge in [0, 0.05) is 6.54 Å². The second-order valence-corrected chi connectivity index (χ2v) is 5.16. The highest BCUT2D eigenvalue weighted by molar-refractivity contribution is 7.07. The first-order valence-corrected chi connectivity index (χ1v) is 7.26. The molecule has 0 atom stereocenters. The van der Waals surface area contributed by atoms with E-state index >= 15 is 0 Å². The summed E-state index contributed by atoms with van der Waals surface area (Å²) < 4.78 is 39.9. The Hall–Kier alpha value is -2.22. The van der Waals surface area contributed by atoms with E-state index in [0.29, 0.717) is 13.1 Å². The number of ether oxygens (including phenoxy) is 1. The average Bonchev–Trinajstić information content (AvgIpc) is 2.96. The first-order valence-electron chi connectivity index (χ1n) is 6.32. The average molecular weight is 329 g/mol. The third kappa shape index (κ3) is 5.65. The van der Waals surface area contributed by atoms with Crippen molar-refractivity contribution in [1.82, 2.24) is 5.32 Å². The Balaban J connectivity index is 1.82. The number of nitrogens with one attached hydrogen (secondary N) is 1. The maximum atomic E-state index is 12.0. The van der Waals surface area contributed by atoms with Crippen LogP contribution in [-0.4, -0.2) is 12.3 Å². The van der Waals surface area contributed by atoms with Gasteiger partial charge in [0.05, 0.1) is 6.54 Å². The number of halogens is 3. The summed E-state index contributed by atoms with van der Waals surface area (Å²) in [4.78, 5) is 4.16. The van der Waals surface area contributed by atoms with E-state index in [0.717, 1.165) is 11.1 Å². The predicted octanol–water partition coefficient (Wildman–Crippen LogP) is 3.25. The third-order valence-corrected chi connectivity index (χ3v) is 3.37. The van der Waals surface area contributed by atoms with Gasteiger partial charge in [0.1, 0.15) is 5.75 Å². The lowest BCUT2D eigenvalue weighted by Gasteiger charge is -2.10. The molecule has 8 heteroatoms. The Kier molecular flexibility index (Phi) is 5.26. The van der Waals surface area contributed by atoms with E-state index in [1.807, 2.05) is 16.8 Å². The van der Waals surface area contributed by atoms with Crippen LogP contribution < -0.4 is 15.8 Å². The van der Waals surface area contributed by atoms with E-state index < -0.39 is 6.36 Å². The van der Waals surface area contributed by atoms with Crippen molar-refractivity contribution in [2.24, 2.45) is 10.7 Å². The summed E-state index contributed by atoms with van der Waals surface area (Å²) in [7, 11) is 0. The van der Waals surface area contributed by atoms with E-state index in [9.17, 15) is 13.2 Å². The molecule has 0 saturated heterocycles. The quantitative estimate of drug-likeness (QED) is 0.654. The van der Waals surface area contributed by atoms with Gasteiger partial charge in [-0.15, -0.1) is 13.2 Å². The van der Waals surface area contributed by atoms with Crippen LogP contribution in [0.1, 0.15) is 11.1 Å². The standard InChI is InChI=1S/C14H14F3N3OS/c15-14(16,17)21-12-3-1-10(2-4-12)7-19-13(18)20-8-11-5-6-22-9-11/h1-6,9H,7-8H2,(H3,18,19,20). The molecule has 0 unspecified atom stereocenters. The molecule has 0 aliphatic carbocycles. The number of alkyl halides is 3. The topological polar surface area (TPSA) is 59.6 Å². The molecule has 0 aliphatic heterocycles. The molecule has 0 amide bonds. The number of aliphatic imine (C=N–C) groups is 1. The number of hydrogen-bond donors (Lipinski definition) is 2. The molecule has 1 aromatic heterocycles. The summed E-state index contributed by atoms with van der Waals surface area (Å²) in [5.74, 6) is 0.0252. The molecule has 2 aromatic rings. The third-order valence-electron chi connectivity index (χ3n) is 2.64.